The Labute approximate surface area is 161 Å². The zero-order valence-electron chi connectivity index (χ0n) is 15.5. The highest BCUT2D eigenvalue weighted by atomic mass is 35.5. The molecule has 3 nitrogen and oxygen atoms in total. The number of aliphatic hydroxyl groups excluding tert-OH is 1. The average molecular weight is 374 g/mol. The normalized spacial score (nSPS) is 13.6. The minimum Gasteiger partial charge on any atom is -0.394 e. The van der Waals surface area contributed by atoms with Gasteiger partial charge in [0.1, 0.15) is 5.78 Å². The molecule has 26 heavy (non-hydrogen) atoms. The van der Waals surface area contributed by atoms with E-state index in [2.05, 4.69) is 5.32 Å². The number of carbonyl (C=O) groups is 1. The van der Waals surface area contributed by atoms with E-state index in [9.17, 15) is 9.90 Å². The van der Waals surface area contributed by atoms with Crippen LogP contribution < -0.4 is 5.32 Å². The molecule has 0 bridgehead atoms. The summed E-state index contributed by atoms with van der Waals surface area (Å²) in [5.41, 5.74) is 2.09. The SMILES string of the molecule is CC(C)C(=O)[C@H](CCCNC(CO)c1ccccc1)c1ccc(Cl)cc1. The van der Waals surface area contributed by atoms with Gasteiger partial charge in [-0.3, -0.25) is 4.79 Å². The minimum atomic E-state index is -0.113. The molecule has 0 saturated carbocycles. The molecule has 2 aromatic rings. The van der Waals surface area contributed by atoms with E-state index in [4.69, 9.17) is 11.6 Å². The van der Waals surface area contributed by atoms with Crippen LogP contribution in [0.15, 0.2) is 54.6 Å². The van der Waals surface area contributed by atoms with Crippen molar-refractivity contribution in [1.82, 2.24) is 5.32 Å². The number of ketones is 1. The highest BCUT2D eigenvalue weighted by Crippen LogP contribution is 2.27. The van der Waals surface area contributed by atoms with E-state index >= 15 is 0 Å². The van der Waals surface area contributed by atoms with Gasteiger partial charge in [-0.25, -0.2) is 0 Å². The second-order valence-electron chi connectivity index (χ2n) is 6.90. The molecule has 4 heteroatoms. The minimum absolute atomic E-state index is 0.00172. The van der Waals surface area contributed by atoms with Gasteiger partial charge in [-0.1, -0.05) is 67.9 Å². The van der Waals surface area contributed by atoms with E-state index in [1.807, 2.05) is 68.4 Å². The molecule has 2 N–H and O–H groups in total. The molecule has 140 valence electrons. The summed E-state index contributed by atoms with van der Waals surface area (Å²) < 4.78 is 0. The van der Waals surface area contributed by atoms with E-state index in [-0.39, 0.29) is 30.3 Å². The Morgan fingerprint density at radius 2 is 1.69 bits per heavy atom. The third-order valence-electron chi connectivity index (χ3n) is 4.63. The molecule has 0 aliphatic carbocycles. The van der Waals surface area contributed by atoms with Crippen LogP contribution in [0.1, 0.15) is 49.8 Å². The summed E-state index contributed by atoms with van der Waals surface area (Å²) in [6.07, 6.45) is 1.63. The fourth-order valence-electron chi connectivity index (χ4n) is 3.13. The number of Topliss-reactive ketones (excluding diaryl/α,β-unsaturated/α-hetero) is 1. The number of aliphatic hydroxyl groups is 1. The van der Waals surface area contributed by atoms with Gasteiger partial charge < -0.3 is 10.4 Å². The summed E-state index contributed by atoms with van der Waals surface area (Å²) in [5, 5.41) is 13.7. The topological polar surface area (TPSA) is 49.3 Å². The first-order valence-electron chi connectivity index (χ1n) is 9.21. The van der Waals surface area contributed by atoms with Crippen LogP contribution in [0.4, 0.5) is 0 Å². The molecular formula is C22H28ClNO2. The Balaban J connectivity index is 1.94. The van der Waals surface area contributed by atoms with Crippen molar-refractivity contribution in [1.29, 1.82) is 0 Å². The molecule has 0 amide bonds. The summed E-state index contributed by atoms with van der Waals surface area (Å²) in [4.78, 5) is 12.6. The summed E-state index contributed by atoms with van der Waals surface area (Å²) in [5.74, 6) is 0.144. The summed E-state index contributed by atoms with van der Waals surface area (Å²) >= 11 is 5.98. The lowest BCUT2D eigenvalue weighted by atomic mass is 9.85. The van der Waals surface area contributed by atoms with Gasteiger partial charge in [0.2, 0.25) is 0 Å². The van der Waals surface area contributed by atoms with Gasteiger partial charge in [0.15, 0.2) is 0 Å². The number of nitrogens with one attached hydrogen (secondary N) is 1. The monoisotopic (exact) mass is 373 g/mol. The maximum Gasteiger partial charge on any atom is 0.142 e. The highest BCUT2D eigenvalue weighted by molar-refractivity contribution is 6.30. The van der Waals surface area contributed by atoms with Gasteiger partial charge in [0, 0.05) is 16.9 Å². The first kappa shape index (κ1) is 20.6. The Morgan fingerprint density at radius 3 is 2.27 bits per heavy atom. The van der Waals surface area contributed by atoms with Crippen LogP contribution in [-0.2, 0) is 4.79 Å². The van der Waals surface area contributed by atoms with E-state index in [1.54, 1.807) is 0 Å². The highest BCUT2D eigenvalue weighted by Gasteiger charge is 2.22. The maximum absolute atomic E-state index is 12.6. The number of halogens is 1. The molecule has 2 aromatic carbocycles. The number of rotatable bonds is 10. The molecular weight excluding hydrogens is 346 g/mol. The molecule has 0 heterocycles. The van der Waals surface area contributed by atoms with Crippen molar-refractivity contribution in [3.63, 3.8) is 0 Å². The third kappa shape index (κ3) is 5.94. The third-order valence-corrected chi connectivity index (χ3v) is 4.88. The Bertz CT molecular complexity index is 670. The molecule has 2 atom stereocenters. The average Bonchev–Trinajstić information content (AvgIpc) is 2.66. The van der Waals surface area contributed by atoms with Crippen LogP contribution in [-0.4, -0.2) is 24.0 Å². The number of hydrogen-bond donors (Lipinski definition) is 2. The second-order valence-corrected chi connectivity index (χ2v) is 7.34. The van der Waals surface area contributed by atoms with Crippen molar-refractivity contribution in [2.24, 2.45) is 5.92 Å². The quantitative estimate of drug-likeness (QED) is 0.591. The Kier molecular flexibility index (Phi) is 8.30. The fraction of sp³-hybridized carbons (Fsp3) is 0.409. The molecule has 0 aromatic heterocycles. The van der Waals surface area contributed by atoms with Crippen molar-refractivity contribution < 1.29 is 9.90 Å². The number of carbonyl (C=O) groups excluding carboxylic acids is 1. The Hall–Kier alpha value is -1.68. The first-order chi connectivity index (χ1) is 12.5. The predicted molar refractivity (Wildman–Crippen MR) is 108 cm³/mol. The summed E-state index contributed by atoms with van der Waals surface area (Å²) in [6.45, 7) is 4.69. The Morgan fingerprint density at radius 1 is 1.04 bits per heavy atom. The lowest BCUT2D eigenvalue weighted by Crippen LogP contribution is -2.26. The van der Waals surface area contributed by atoms with Gasteiger partial charge in [-0.15, -0.1) is 0 Å². The molecule has 2 rings (SSSR count). The summed E-state index contributed by atoms with van der Waals surface area (Å²) in [7, 11) is 0. The second kappa shape index (κ2) is 10.5. The van der Waals surface area contributed by atoms with Crippen molar-refractivity contribution in [3.8, 4) is 0 Å². The van der Waals surface area contributed by atoms with E-state index in [0.29, 0.717) is 5.02 Å². The van der Waals surface area contributed by atoms with Gasteiger partial charge in [0.05, 0.1) is 12.6 Å². The molecule has 0 spiro atoms. The van der Waals surface area contributed by atoms with E-state index in [0.717, 1.165) is 30.5 Å². The fourth-order valence-corrected chi connectivity index (χ4v) is 3.25. The van der Waals surface area contributed by atoms with Crippen LogP contribution >= 0.6 is 11.6 Å². The van der Waals surface area contributed by atoms with Gasteiger partial charge in [0.25, 0.3) is 0 Å². The molecule has 0 aliphatic rings. The summed E-state index contributed by atoms with van der Waals surface area (Å²) in [6, 6.07) is 17.4. The number of hydrogen-bond acceptors (Lipinski definition) is 3. The van der Waals surface area contributed by atoms with Crippen LogP contribution in [0.2, 0.25) is 5.02 Å². The van der Waals surface area contributed by atoms with Crippen LogP contribution in [0.3, 0.4) is 0 Å². The van der Waals surface area contributed by atoms with Crippen LogP contribution in [0.5, 0.6) is 0 Å². The van der Waals surface area contributed by atoms with Crippen LogP contribution in [0, 0.1) is 5.92 Å². The maximum atomic E-state index is 12.6. The predicted octanol–water partition coefficient (Wildman–Crippen LogP) is 4.75. The van der Waals surface area contributed by atoms with Crippen molar-refractivity contribution in [2.75, 3.05) is 13.2 Å². The molecule has 0 saturated heterocycles. The zero-order valence-corrected chi connectivity index (χ0v) is 16.2. The van der Waals surface area contributed by atoms with Crippen molar-refractivity contribution in [2.45, 2.75) is 38.6 Å². The van der Waals surface area contributed by atoms with Crippen molar-refractivity contribution in [3.05, 3.63) is 70.7 Å². The van der Waals surface area contributed by atoms with Crippen molar-refractivity contribution >= 4 is 17.4 Å². The standard InChI is InChI=1S/C22H28ClNO2/c1-16(2)22(26)20(17-10-12-19(23)13-11-17)9-6-14-24-21(15-25)18-7-4-3-5-8-18/h3-5,7-8,10-13,16,20-21,24-25H,6,9,14-15H2,1-2H3/t20-,21?/m1/s1. The van der Waals surface area contributed by atoms with Crippen LogP contribution in [0.25, 0.3) is 0 Å². The lowest BCUT2D eigenvalue weighted by Gasteiger charge is -2.20. The smallest absolute Gasteiger partial charge is 0.142 e. The van der Waals surface area contributed by atoms with Gasteiger partial charge in [-0.05, 0) is 42.6 Å². The molecule has 1 unspecified atom stereocenters. The van der Waals surface area contributed by atoms with Gasteiger partial charge in [-0.2, -0.15) is 0 Å². The first-order valence-corrected chi connectivity index (χ1v) is 9.59. The lowest BCUT2D eigenvalue weighted by molar-refractivity contribution is -0.123. The molecule has 0 aliphatic heterocycles. The molecule has 0 radical (unpaired) electrons. The molecule has 0 fully saturated rings. The number of benzene rings is 2. The van der Waals surface area contributed by atoms with Gasteiger partial charge >= 0.3 is 0 Å². The zero-order chi connectivity index (χ0) is 18.9. The largest absolute Gasteiger partial charge is 0.394 e. The van der Waals surface area contributed by atoms with E-state index < -0.39 is 0 Å². The van der Waals surface area contributed by atoms with E-state index in [1.165, 1.54) is 0 Å².